The van der Waals surface area contributed by atoms with Crippen molar-refractivity contribution < 1.29 is 14.3 Å². The second-order valence-corrected chi connectivity index (χ2v) is 9.27. The molecule has 1 aromatic heterocycles. The van der Waals surface area contributed by atoms with Crippen LogP contribution in [0.3, 0.4) is 0 Å². The number of hydrogen-bond donors (Lipinski definition) is 0. The van der Waals surface area contributed by atoms with Crippen LogP contribution in [0.5, 0.6) is 0 Å². The third kappa shape index (κ3) is 6.57. The maximum atomic E-state index is 13.1. The van der Waals surface area contributed by atoms with Gasteiger partial charge in [-0.2, -0.15) is 5.10 Å². The number of likely N-dealkylation sites (tertiary alicyclic amines) is 1. The quantitative estimate of drug-likeness (QED) is 0.443. The van der Waals surface area contributed by atoms with Gasteiger partial charge in [0.1, 0.15) is 6.54 Å². The normalized spacial score (nSPS) is 15.5. The smallest absolute Gasteiger partial charge is 0.337 e. The van der Waals surface area contributed by atoms with E-state index in [9.17, 15) is 9.59 Å². The number of methoxy groups -OCH3 is 1. The second-order valence-electron chi connectivity index (χ2n) is 9.27. The van der Waals surface area contributed by atoms with Crippen molar-refractivity contribution in [3.63, 3.8) is 0 Å². The van der Waals surface area contributed by atoms with Crippen molar-refractivity contribution in [2.24, 2.45) is 5.92 Å². The van der Waals surface area contributed by atoms with Crippen LogP contribution >= 0.6 is 0 Å². The van der Waals surface area contributed by atoms with Gasteiger partial charge in [0.15, 0.2) is 0 Å². The predicted octanol–water partition coefficient (Wildman–Crippen LogP) is 3.65. The number of piperidine rings is 1. The third-order valence-electron chi connectivity index (χ3n) is 6.99. The molecule has 1 aliphatic rings. The van der Waals surface area contributed by atoms with E-state index in [2.05, 4.69) is 34.3 Å². The van der Waals surface area contributed by atoms with Crippen molar-refractivity contribution in [2.75, 3.05) is 27.2 Å². The number of nitrogens with zero attached hydrogens (tertiary/aromatic N) is 4. The zero-order valence-corrected chi connectivity index (χ0v) is 20.5. The van der Waals surface area contributed by atoms with Crippen molar-refractivity contribution in [1.82, 2.24) is 19.6 Å². The molecule has 1 aliphatic heterocycles. The fourth-order valence-corrected chi connectivity index (χ4v) is 4.92. The number of rotatable bonds is 9. The lowest BCUT2D eigenvalue weighted by molar-refractivity contribution is -0.134. The summed E-state index contributed by atoms with van der Waals surface area (Å²) >= 11 is 0. The van der Waals surface area contributed by atoms with E-state index in [1.165, 1.54) is 18.2 Å². The number of benzene rings is 2. The van der Waals surface area contributed by atoms with Crippen molar-refractivity contribution >= 4 is 11.9 Å². The number of amides is 1. The Morgan fingerprint density at radius 1 is 1.03 bits per heavy atom. The molecular formula is C28H34N4O3. The van der Waals surface area contributed by atoms with E-state index in [0.29, 0.717) is 11.5 Å². The lowest BCUT2D eigenvalue weighted by atomic mass is 9.84. The fourth-order valence-electron chi connectivity index (χ4n) is 4.92. The number of likely N-dealkylation sites (N-methyl/N-ethyl adjacent to an activating group) is 1. The van der Waals surface area contributed by atoms with Gasteiger partial charge >= 0.3 is 5.97 Å². The predicted molar refractivity (Wildman–Crippen MR) is 135 cm³/mol. The average molecular weight is 475 g/mol. The summed E-state index contributed by atoms with van der Waals surface area (Å²) in [7, 11) is 3.34. The van der Waals surface area contributed by atoms with Crippen molar-refractivity contribution in [2.45, 2.75) is 38.4 Å². The first-order valence-corrected chi connectivity index (χ1v) is 12.2. The minimum atomic E-state index is -0.312. The zero-order chi connectivity index (χ0) is 24.6. The Bertz CT molecular complexity index is 1080. The molecule has 1 fully saturated rings. The van der Waals surface area contributed by atoms with E-state index in [1.54, 1.807) is 10.9 Å². The number of ether oxygens (including phenoxy) is 1. The summed E-state index contributed by atoms with van der Waals surface area (Å²) in [5, 5.41) is 4.20. The molecule has 1 saturated heterocycles. The summed E-state index contributed by atoms with van der Waals surface area (Å²) in [6, 6.07) is 20.1. The van der Waals surface area contributed by atoms with Gasteiger partial charge in [-0.1, -0.05) is 42.5 Å². The summed E-state index contributed by atoms with van der Waals surface area (Å²) in [6.45, 7) is 3.08. The van der Waals surface area contributed by atoms with Crippen LogP contribution in [0.2, 0.25) is 0 Å². The minimum absolute atomic E-state index is 0.0859. The zero-order valence-electron chi connectivity index (χ0n) is 20.5. The van der Waals surface area contributed by atoms with Gasteiger partial charge in [-0.05, 0) is 67.6 Å². The highest BCUT2D eigenvalue weighted by Crippen LogP contribution is 2.27. The number of carbonyl (C=O) groups excluding carboxylic acids is 2. The molecule has 0 saturated carbocycles. The first-order chi connectivity index (χ1) is 17.0. The van der Waals surface area contributed by atoms with E-state index in [1.807, 2.05) is 54.5 Å². The van der Waals surface area contributed by atoms with Gasteiger partial charge in [0.05, 0.1) is 12.7 Å². The Balaban J connectivity index is 1.39. The molecule has 3 aromatic rings. The summed E-state index contributed by atoms with van der Waals surface area (Å²) < 4.78 is 6.47. The molecule has 2 heterocycles. The minimum Gasteiger partial charge on any atom is -0.465 e. The Labute approximate surface area is 207 Å². The Kier molecular flexibility index (Phi) is 8.32. The Morgan fingerprint density at radius 2 is 1.74 bits per heavy atom. The standard InChI is InChI=1S/C28H34N4O3/c1-30(27(33)21-32-16-6-15-29-32)26(19-22-7-4-3-5-8-22)24-13-17-31(18-14-24)20-23-9-11-25(12-10-23)28(34)35-2/h3-12,15-16,24,26H,13-14,17-21H2,1-2H3. The van der Waals surface area contributed by atoms with Crippen LogP contribution in [-0.4, -0.2) is 64.7 Å². The van der Waals surface area contributed by atoms with E-state index in [0.717, 1.165) is 38.9 Å². The molecule has 4 rings (SSSR count). The number of carbonyl (C=O) groups is 2. The second kappa shape index (κ2) is 11.8. The molecule has 1 atom stereocenters. The van der Waals surface area contributed by atoms with Crippen LogP contribution in [0.15, 0.2) is 73.1 Å². The van der Waals surface area contributed by atoms with Gasteiger partial charge in [-0.25, -0.2) is 4.79 Å². The van der Waals surface area contributed by atoms with Crippen LogP contribution in [0.25, 0.3) is 0 Å². The van der Waals surface area contributed by atoms with Gasteiger partial charge in [0.2, 0.25) is 5.91 Å². The number of hydrogen-bond acceptors (Lipinski definition) is 5. The van der Waals surface area contributed by atoms with Crippen LogP contribution in [0.4, 0.5) is 0 Å². The molecule has 0 radical (unpaired) electrons. The first kappa shape index (κ1) is 24.7. The first-order valence-electron chi connectivity index (χ1n) is 12.2. The van der Waals surface area contributed by atoms with Gasteiger partial charge in [0, 0.05) is 32.0 Å². The lowest BCUT2D eigenvalue weighted by Gasteiger charge is -2.40. The summed E-state index contributed by atoms with van der Waals surface area (Å²) in [6.07, 6.45) is 6.46. The molecular weight excluding hydrogens is 440 g/mol. The van der Waals surface area contributed by atoms with Crippen LogP contribution in [0.1, 0.15) is 34.3 Å². The maximum absolute atomic E-state index is 13.1. The van der Waals surface area contributed by atoms with Gasteiger partial charge in [-0.3, -0.25) is 14.4 Å². The van der Waals surface area contributed by atoms with Crippen molar-refractivity contribution in [1.29, 1.82) is 0 Å². The van der Waals surface area contributed by atoms with Gasteiger partial charge in [0.25, 0.3) is 0 Å². The van der Waals surface area contributed by atoms with Gasteiger partial charge in [-0.15, -0.1) is 0 Å². The molecule has 0 spiro atoms. The summed E-state index contributed by atoms with van der Waals surface area (Å²) in [5.74, 6) is 0.204. The summed E-state index contributed by atoms with van der Waals surface area (Å²) in [5.41, 5.74) is 3.01. The van der Waals surface area contributed by atoms with Crippen LogP contribution < -0.4 is 0 Å². The highest BCUT2D eigenvalue weighted by molar-refractivity contribution is 5.89. The lowest BCUT2D eigenvalue weighted by Crippen LogP contribution is -2.48. The van der Waals surface area contributed by atoms with E-state index in [-0.39, 0.29) is 24.5 Å². The van der Waals surface area contributed by atoms with E-state index < -0.39 is 0 Å². The molecule has 2 aromatic carbocycles. The Hall–Kier alpha value is -3.45. The molecule has 0 bridgehead atoms. The van der Waals surface area contributed by atoms with E-state index >= 15 is 0 Å². The number of aromatic nitrogens is 2. The molecule has 1 amide bonds. The highest BCUT2D eigenvalue weighted by Gasteiger charge is 2.31. The third-order valence-corrected chi connectivity index (χ3v) is 6.99. The topological polar surface area (TPSA) is 67.7 Å². The molecule has 0 N–H and O–H groups in total. The largest absolute Gasteiger partial charge is 0.465 e. The SMILES string of the molecule is COC(=O)c1ccc(CN2CCC(C(Cc3ccccc3)N(C)C(=O)Cn3cccn3)CC2)cc1. The van der Waals surface area contributed by atoms with Crippen LogP contribution in [-0.2, 0) is 29.0 Å². The fraction of sp³-hybridized carbons (Fsp3) is 0.393. The number of esters is 1. The monoisotopic (exact) mass is 474 g/mol. The van der Waals surface area contributed by atoms with Crippen molar-refractivity contribution in [3.05, 3.63) is 89.7 Å². The molecule has 1 unspecified atom stereocenters. The summed E-state index contributed by atoms with van der Waals surface area (Å²) in [4.78, 5) is 29.2. The van der Waals surface area contributed by atoms with E-state index in [4.69, 9.17) is 4.74 Å². The molecule has 7 heteroatoms. The molecule has 7 nitrogen and oxygen atoms in total. The Morgan fingerprint density at radius 3 is 2.37 bits per heavy atom. The molecule has 0 aliphatic carbocycles. The molecule has 184 valence electrons. The van der Waals surface area contributed by atoms with Gasteiger partial charge < -0.3 is 9.64 Å². The van der Waals surface area contributed by atoms with Crippen molar-refractivity contribution in [3.8, 4) is 0 Å². The maximum Gasteiger partial charge on any atom is 0.337 e. The average Bonchev–Trinajstić information content (AvgIpc) is 3.41. The highest BCUT2D eigenvalue weighted by atomic mass is 16.5. The molecule has 35 heavy (non-hydrogen) atoms. The van der Waals surface area contributed by atoms with Crippen LogP contribution in [0, 0.1) is 5.92 Å².